The number of amides is 2. The third-order valence-corrected chi connectivity index (χ3v) is 10.4. The highest BCUT2D eigenvalue weighted by Gasteiger charge is 2.38. The molecule has 2 aromatic carbocycles. The van der Waals surface area contributed by atoms with Gasteiger partial charge in [0.25, 0.3) is 11.8 Å². The lowest BCUT2D eigenvalue weighted by molar-refractivity contribution is 0.0663. The highest BCUT2D eigenvalue weighted by Crippen LogP contribution is 2.40. The molecular formula is C34H39N5O5S. The first-order chi connectivity index (χ1) is 21.6. The van der Waals surface area contributed by atoms with Crippen LogP contribution in [0.1, 0.15) is 57.0 Å². The highest BCUT2D eigenvalue weighted by atomic mass is 32.2. The molecule has 1 N–H and O–H groups in total. The number of aromatic nitrogens is 2. The molecule has 0 radical (unpaired) electrons. The maximum atomic E-state index is 13.6. The minimum atomic E-state index is -3.75. The molecule has 2 aliphatic rings. The van der Waals surface area contributed by atoms with Crippen LogP contribution in [0.4, 0.5) is 0 Å². The van der Waals surface area contributed by atoms with Crippen LogP contribution in [0.5, 0.6) is 5.75 Å². The second-order valence-electron chi connectivity index (χ2n) is 12.2. The zero-order chi connectivity index (χ0) is 31.7. The van der Waals surface area contributed by atoms with Gasteiger partial charge in [-0.3, -0.25) is 14.5 Å². The molecule has 1 atom stereocenters. The van der Waals surface area contributed by atoms with E-state index in [4.69, 9.17) is 4.74 Å². The van der Waals surface area contributed by atoms with E-state index in [1.165, 1.54) is 4.31 Å². The van der Waals surface area contributed by atoms with Crippen molar-refractivity contribution in [3.05, 3.63) is 83.0 Å². The lowest BCUT2D eigenvalue weighted by Crippen LogP contribution is -2.43. The minimum Gasteiger partial charge on any atom is -0.494 e. The fourth-order valence-electron chi connectivity index (χ4n) is 6.34. The Balaban J connectivity index is 1.21. The normalized spacial score (nSPS) is 17.4. The average molecular weight is 630 g/mol. The number of nitrogens with zero attached hydrogens (tertiary/aromatic N) is 4. The van der Waals surface area contributed by atoms with Crippen molar-refractivity contribution in [2.24, 2.45) is 0 Å². The molecule has 236 valence electrons. The molecule has 0 saturated carbocycles. The van der Waals surface area contributed by atoms with Crippen molar-refractivity contribution in [2.45, 2.75) is 32.1 Å². The van der Waals surface area contributed by atoms with Gasteiger partial charge in [0.05, 0.1) is 29.2 Å². The predicted octanol–water partition coefficient (Wildman–Crippen LogP) is 4.67. The Labute approximate surface area is 264 Å². The number of carbonyl (C=O) groups excluding carboxylic acids is 2. The molecule has 1 unspecified atom stereocenters. The van der Waals surface area contributed by atoms with Gasteiger partial charge >= 0.3 is 0 Å². The van der Waals surface area contributed by atoms with E-state index in [9.17, 15) is 18.0 Å². The molecule has 1 fully saturated rings. The Hall–Kier alpha value is -4.06. The van der Waals surface area contributed by atoms with Gasteiger partial charge < -0.3 is 14.6 Å². The van der Waals surface area contributed by atoms with E-state index in [0.29, 0.717) is 37.2 Å². The number of sulfonamides is 1. The molecule has 11 heteroatoms. The number of hydrogen-bond donors (Lipinski definition) is 1. The SMILES string of the molecule is Cc1cnc2[nH]c(-c3ccc(OCCCN(C)C)cc3)c(C3CCCN(S(=O)(=O)CCN4C(=O)c5ccccc5C4=O)C3)c2c1. The molecule has 0 bridgehead atoms. The maximum Gasteiger partial charge on any atom is 0.261 e. The van der Waals surface area contributed by atoms with Gasteiger partial charge in [0.2, 0.25) is 10.0 Å². The monoisotopic (exact) mass is 629 g/mol. The zero-order valence-corrected chi connectivity index (χ0v) is 26.8. The van der Waals surface area contributed by atoms with Crippen molar-refractivity contribution in [3.8, 4) is 17.0 Å². The maximum absolute atomic E-state index is 13.6. The van der Waals surface area contributed by atoms with Crippen LogP contribution in [0, 0.1) is 6.92 Å². The smallest absolute Gasteiger partial charge is 0.261 e. The lowest BCUT2D eigenvalue weighted by Gasteiger charge is -2.33. The largest absolute Gasteiger partial charge is 0.494 e. The third kappa shape index (κ3) is 6.38. The molecule has 10 nitrogen and oxygen atoms in total. The Morgan fingerprint density at radius 1 is 1.04 bits per heavy atom. The molecule has 45 heavy (non-hydrogen) atoms. The average Bonchev–Trinajstić information content (AvgIpc) is 3.52. The number of benzene rings is 2. The molecule has 2 aliphatic heterocycles. The Morgan fingerprint density at radius 2 is 1.76 bits per heavy atom. The summed E-state index contributed by atoms with van der Waals surface area (Å²) in [6.45, 7) is 4.13. The second-order valence-corrected chi connectivity index (χ2v) is 14.3. The van der Waals surface area contributed by atoms with Crippen LogP contribution in [0.15, 0.2) is 60.8 Å². The summed E-state index contributed by atoms with van der Waals surface area (Å²) in [5, 5.41) is 0.990. The Morgan fingerprint density at radius 3 is 2.44 bits per heavy atom. The van der Waals surface area contributed by atoms with E-state index in [1.54, 1.807) is 24.3 Å². The molecule has 2 aromatic heterocycles. The summed E-state index contributed by atoms with van der Waals surface area (Å²) in [7, 11) is 0.339. The first kappa shape index (κ1) is 30.9. The Kier molecular flexibility index (Phi) is 8.76. The van der Waals surface area contributed by atoms with Crippen LogP contribution in [0.3, 0.4) is 0 Å². The van der Waals surface area contributed by atoms with Crippen LogP contribution in [-0.4, -0.2) is 96.9 Å². The summed E-state index contributed by atoms with van der Waals surface area (Å²) < 4.78 is 34.7. The van der Waals surface area contributed by atoms with Crippen molar-refractivity contribution in [1.29, 1.82) is 0 Å². The van der Waals surface area contributed by atoms with Crippen LogP contribution in [0.2, 0.25) is 0 Å². The van der Waals surface area contributed by atoms with Crippen LogP contribution >= 0.6 is 0 Å². The number of aromatic amines is 1. The van der Waals surface area contributed by atoms with Crippen molar-refractivity contribution < 1.29 is 22.7 Å². The first-order valence-corrected chi connectivity index (χ1v) is 17.0. The van der Waals surface area contributed by atoms with Crippen LogP contribution < -0.4 is 4.74 Å². The van der Waals surface area contributed by atoms with Crippen molar-refractivity contribution >= 4 is 32.9 Å². The van der Waals surface area contributed by atoms with Crippen molar-refractivity contribution in [2.75, 3.05) is 52.6 Å². The number of pyridine rings is 1. The van der Waals surface area contributed by atoms with Gasteiger partial charge in [0.1, 0.15) is 11.4 Å². The van der Waals surface area contributed by atoms with Gasteiger partial charge in [-0.2, -0.15) is 0 Å². The van der Waals surface area contributed by atoms with Crippen LogP contribution in [-0.2, 0) is 10.0 Å². The highest BCUT2D eigenvalue weighted by molar-refractivity contribution is 7.89. The van der Waals surface area contributed by atoms with Gasteiger partial charge in [-0.05, 0) is 99.4 Å². The number of imide groups is 1. The van der Waals surface area contributed by atoms with Crippen LogP contribution in [0.25, 0.3) is 22.3 Å². The summed E-state index contributed by atoms with van der Waals surface area (Å²) in [6.07, 6.45) is 4.28. The topological polar surface area (TPSA) is 116 Å². The molecule has 1 saturated heterocycles. The molecule has 6 rings (SSSR count). The van der Waals surface area contributed by atoms with Crippen molar-refractivity contribution in [1.82, 2.24) is 24.1 Å². The quantitative estimate of drug-likeness (QED) is 0.189. The van der Waals surface area contributed by atoms with Gasteiger partial charge in [-0.1, -0.05) is 12.1 Å². The predicted molar refractivity (Wildman–Crippen MR) is 174 cm³/mol. The number of carbonyl (C=O) groups is 2. The van der Waals surface area contributed by atoms with Gasteiger partial charge in [0.15, 0.2) is 0 Å². The first-order valence-electron chi connectivity index (χ1n) is 15.4. The number of piperidine rings is 1. The number of nitrogens with one attached hydrogen (secondary N) is 1. The number of rotatable bonds is 11. The molecule has 4 heterocycles. The summed E-state index contributed by atoms with van der Waals surface area (Å²) in [6, 6.07) is 16.7. The molecule has 0 spiro atoms. The number of ether oxygens (including phenoxy) is 1. The number of fused-ring (bicyclic) bond motifs is 2. The number of aryl methyl sites for hydroxylation is 1. The van der Waals surface area contributed by atoms with E-state index in [-0.39, 0.29) is 18.2 Å². The van der Waals surface area contributed by atoms with E-state index in [0.717, 1.165) is 63.5 Å². The van der Waals surface area contributed by atoms with E-state index >= 15 is 0 Å². The standard InChI is InChI=1S/C34H39N5O5S/c1-23-20-29-30(31(36-32(29)35-21-23)24-11-13-26(14-12-24)44-18-7-15-37(2)3)25-8-6-16-38(22-25)45(42,43)19-17-39-33(40)27-9-4-5-10-28(27)34(39)41/h4-5,9-14,20-21,25H,6-8,15-19,22H2,1-3H3,(H,35,36). The van der Waals surface area contributed by atoms with Crippen molar-refractivity contribution in [3.63, 3.8) is 0 Å². The van der Waals surface area contributed by atoms with Gasteiger partial charge in [0, 0.05) is 43.7 Å². The zero-order valence-electron chi connectivity index (χ0n) is 26.0. The summed E-state index contributed by atoms with van der Waals surface area (Å²) >= 11 is 0. The minimum absolute atomic E-state index is 0.0675. The van der Waals surface area contributed by atoms with E-state index in [1.807, 2.05) is 51.5 Å². The number of H-pyrrole nitrogens is 1. The fraction of sp³-hybridized carbons (Fsp3) is 0.382. The second kappa shape index (κ2) is 12.7. The third-order valence-electron chi connectivity index (χ3n) is 8.63. The van der Waals surface area contributed by atoms with E-state index in [2.05, 4.69) is 20.9 Å². The molecule has 2 amide bonds. The van der Waals surface area contributed by atoms with Gasteiger partial charge in [-0.25, -0.2) is 17.7 Å². The summed E-state index contributed by atoms with van der Waals surface area (Å²) in [5.41, 5.74) is 5.39. The summed E-state index contributed by atoms with van der Waals surface area (Å²) in [4.78, 5) is 37.0. The fourth-order valence-corrected chi connectivity index (χ4v) is 7.83. The van der Waals surface area contributed by atoms with Gasteiger partial charge in [-0.15, -0.1) is 0 Å². The Bertz CT molecular complexity index is 1800. The lowest BCUT2D eigenvalue weighted by atomic mass is 9.88. The van der Waals surface area contributed by atoms with E-state index < -0.39 is 21.8 Å². The number of hydrogen-bond acceptors (Lipinski definition) is 7. The molecule has 4 aromatic rings. The molecule has 0 aliphatic carbocycles. The molecular weight excluding hydrogens is 590 g/mol. The summed E-state index contributed by atoms with van der Waals surface area (Å²) in [5.74, 6) is -0.473.